The molecule has 10 nitrogen and oxygen atoms in total. The number of amides is 3. The number of hydrogen-bond acceptors (Lipinski definition) is 7. The van der Waals surface area contributed by atoms with Gasteiger partial charge in [-0.1, -0.05) is 41.9 Å². The number of carbonyl (C=O) groups excluding carboxylic acids is 2. The van der Waals surface area contributed by atoms with Crippen molar-refractivity contribution in [2.75, 3.05) is 37.2 Å². The van der Waals surface area contributed by atoms with Crippen molar-refractivity contribution >= 4 is 34.7 Å². The van der Waals surface area contributed by atoms with Crippen LogP contribution in [0.2, 0.25) is 0 Å². The van der Waals surface area contributed by atoms with E-state index in [1.54, 1.807) is 5.12 Å². The molecule has 0 saturated carbocycles. The fourth-order valence-corrected chi connectivity index (χ4v) is 2.86. The van der Waals surface area contributed by atoms with Gasteiger partial charge in [0.2, 0.25) is 0 Å². The lowest BCUT2D eigenvalue weighted by molar-refractivity contribution is -0.276. The summed E-state index contributed by atoms with van der Waals surface area (Å²) in [5, 5.41) is 7.44. The topological polar surface area (TPSA) is 97.6 Å². The van der Waals surface area contributed by atoms with E-state index in [-0.39, 0.29) is 6.61 Å². The number of nitrogens with one attached hydrogen (secondary N) is 1. The summed E-state index contributed by atoms with van der Waals surface area (Å²) >= 11 is 2.07. The van der Waals surface area contributed by atoms with Gasteiger partial charge in [-0.05, 0) is 19.3 Å². The number of nitrogens with zero attached hydrogens (tertiary/aromatic N) is 5. The second-order valence-corrected chi connectivity index (χ2v) is 6.52. The third kappa shape index (κ3) is 5.34. The molecule has 0 bridgehead atoms. The minimum atomic E-state index is -0.800. The second kappa shape index (κ2) is 10.7. The number of unbranched alkanes of at least 4 members (excludes halogenated alkanes) is 1. The molecule has 11 heteroatoms. The zero-order chi connectivity index (χ0) is 18.9. The number of halogens is 1. The van der Waals surface area contributed by atoms with Crippen molar-refractivity contribution in [1.29, 1.82) is 0 Å². The fourth-order valence-electron chi connectivity index (χ4n) is 2.69. The number of hydrazine groups is 5. The minimum absolute atomic E-state index is 0.266. The highest BCUT2D eigenvalue weighted by Gasteiger charge is 2.39. The summed E-state index contributed by atoms with van der Waals surface area (Å²) in [4.78, 5) is 24.7. The lowest BCUT2D eigenvalue weighted by Gasteiger charge is -2.41. The molecule has 0 aromatic heterocycles. The van der Waals surface area contributed by atoms with Crippen molar-refractivity contribution < 1.29 is 14.3 Å². The molecule has 146 valence electrons. The van der Waals surface area contributed by atoms with Crippen LogP contribution in [0.3, 0.4) is 0 Å². The van der Waals surface area contributed by atoms with Crippen LogP contribution < -0.4 is 11.2 Å². The van der Waals surface area contributed by atoms with Crippen molar-refractivity contribution in [2.24, 2.45) is 5.73 Å². The highest BCUT2D eigenvalue weighted by Crippen LogP contribution is 2.19. The van der Waals surface area contributed by atoms with Gasteiger partial charge in [0, 0.05) is 32.2 Å². The number of carbonyl (C=O) groups is 2. The number of alkyl halides is 1. The van der Waals surface area contributed by atoms with E-state index in [0.717, 1.165) is 48.9 Å². The molecule has 0 atom stereocenters. The van der Waals surface area contributed by atoms with Crippen molar-refractivity contribution in [3.05, 3.63) is 0 Å². The van der Waals surface area contributed by atoms with Crippen LogP contribution in [-0.2, 0) is 4.74 Å². The highest BCUT2D eigenvalue weighted by molar-refractivity contribution is 14.1. The largest absolute Gasteiger partial charge is 0.447 e. The van der Waals surface area contributed by atoms with Gasteiger partial charge >= 0.3 is 12.1 Å². The highest BCUT2D eigenvalue weighted by atomic mass is 127. The van der Waals surface area contributed by atoms with Gasteiger partial charge in [0.15, 0.2) is 0 Å². The Labute approximate surface area is 167 Å². The number of rotatable bonds is 5. The Balaban J connectivity index is 2.21. The van der Waals surface area contributed by atoms with E-state index in [0.29, 0.717) is 17.5 Å². The Morgan fingerprint density at radius 1 is 1.31 bits per heavy atom. The van der Waals surface area contributed by atoms with Gasteiger partial charge in [0.05, 0.1) is 11.0 Å². The smallest absolute Gasteiger partial charge is 0.442 e. The normalized spacial score (nSPS) is 18.4. The maximum absolute atomic E-state index is 12.5. The molecule has 0 radical (unpaired) electrons. The second-order valence-electron chi connectivity index (χ2n) is 5.76. The maximum Gasteiger partial charge on any atom is 0.442 e. The molecule has 0 aliphatic carbocycles. The Morgan fingerprint density at radius 3 is 2.73 bits per heavy atom. The first-order valence-electron chi connectivity index (χ1n) is 8.76. The third-order valence-electron chi connectivity index (χ3n) is 3.86. The molecule has 2 heterocycles. The van der Waals surface area contributed by atoms with Crippen LogP contribution in [0, 0.1) is 12.0 Å². The Bertz CT molecular complexity index is 547. The molecule has 2 saturated heterocycles. The van der Waals surface area contributed by atoms with Crippen molar-refractivity contribution in [1.82, 2.24) is 30.9 Å². The molecule has 3 amide bonds. The van der Waals surface area contributed by atoms with Crippen LogP contribution in [-0.4, -0.2) is 74.8 Å². The zero-order valence-corrected chi connectivity index (χ0v) is 17.1. The average molecular weight is 479 g/mol. The van der Waals surface area contributed by atoms with E-state index in [1.807, 2.05) is 17.2 Å². The molecular weight excluding hydrogens is 453 g/mol. The summed E-state index contributed by atoms with van der Waals surface area (Å²) in [5.74, 6) is 2.80. The van der Waals surface area contributed by atoms with Gasteiger partial charge in [-0.2, -0.15) is 5.12 Å². The van der Waals surface area contributed by atoms with E-state index < -0.39 is 12.1 Å². The van der Waals surface area contributed by atoms with Gasteiger partial charge in [0.1, 0.15) is 0 Å². The lowest BCUT2D eigenvalue weighted by Crippen LogP contribution is -2.65. The summed E-state index contributed by atoms with van der Waals surface area (Å²) in [7, 11) is 0. The van der Waals surface area contributed by atoms with Crippen LogP contribution in [0.4, 0.5) is 9.59 Å². The summed E-state index contributed by atoms with van der Waals surface area (Å²) < 4.78 is 5.75. The van der Waals surface area contributed by atoms with Crippen LogP contribution in [0.25, 0.3) is 0 Å². The third-order valence-corrected chi connectivity index (χ3v) is 4.24. The van der Waals surface area contributed by atoms with E-state index in [1.165, 1.54) is 0 Å². The van der Waals surface area contributed by atoms with Crippen LogP contribution >= 0.6 is 22.6 Å². The number of urea groups is 1. The van der Waals surface area contributed by atoms with E-state index in [2.05, 4.69) is 40.0 Å². The molecule has 0 aromatic carbocycles. The fraction of sp³-hybridized carbons (Fsp3) is 0.733. The molecule has 2 aliphatic rings. The lowest BCUT2D eigenvalue weighted by atomic mass is 10.4. The monoisotopic (exact) mass is 479 g/mol. The van der Waals surface area contributed by atoms with Gasteiger partial charge < -0.3 is 10.5 Å². The number of nitrogens with two attached hydrogens (primary N) is 1. The summed E-state index contributed by atoms with van der Waals surface area (Å²) in [6.45, 7) is 5.17. The summed E-state index contributed by atoms with van der Waals surface area (Å²) in [5.41, 5.74) is 8.85. The Kier molecular flexibility index (Phi) is 8.66. The first kappa shape index (κ1) is 21.0. The maximum atomic E-state index is 12.5. The van der Waals surface area contributed by atoms with Crippen LogP contribution in [0.15, 0.2) is 0 Å². The minimum Gasteiger partial charge on any atom is -0.447 e. The number of primary amides is 1. The molecule has 3 N–H and O–H groups in total. The van der Waals surface area contributed by atoms with Gasteiger partial charge in [-0.3, -0.25) is 0 Å². The van der Waals surface area contributed by atoms with Crippen molar-refractivity contribution in [2.45, 2.75) is 32.6 Å². The van der Waals surface area contributed by atoms with E-state index in [9.17, 15) is 9.59 Å². The Hall–Kier alpha value is -1.33. The molecule has 0 unspecified atom stereocenters. The predicted octanol–water partition coefficient (Wildman–Crippen LogP) is 0.880. The molecule has 2 aliphatic heterocycles. The summed E-state index contributed by atoms with van der Waals surface area (Å²) in [6.07, 6.45) is 2.74. The number of hydrogen-bond donors (Lipinski definition) is 2. The quantitative estimate of drug-likeness (QED) is 0.151. The van der Waals surface area contributed by atoms with Crippen molar-refractivity contribution in [3.63, 3.8) is 0 Å². The zero-order valence-electron chi connectivity index (χ0n) is 15.0. The standard InChI is InChI=1S/C15H26IN7O3/c1-2-3-13-26-15(25)19(9-4-7-16)23(14(17)24)22-12-6-11-21(22)20-10-5-8-18-20/h18H,2-3,5-8,10-13H2,1H3,(H2,17,24). The molecular formula is C15H26IN7O3. The molecule has 2 fully saturated rings. The average Bonchev–Trinajstić information content (AvgIpc) is 3.29. The van der Waals surface area contributed by atoms with Gasteiger partial charge in [-0.25, -0.2) is 15.0 Å². The Morgan fingerprint density at radius 2 is 2.12 bits per heavy atom. The van der Waals surface area contributed by atoms with Crippen molar-refractivity contribution in [3.8, 4) is 12.0 Å². The number of ether oxygens (including phenoxy) is 1. The first-order valence-corrected chi connectivity index (χ1v) is 10.3. The summed E-state index contributed by atoms with van der Waals surface area (Å²) in [6, 6.07) is 1.88. The van der Waals surface area contributed by atoms with Gasteiger partial charge in [-0.15, -0.1) is 20.4 Å². The molecule has 26 heavy (non-hydrogen) atoms. The molecule has 0 spiro atoms. The van der Waals surface area contributed by atoms with Crippen LogP contribution in [0.5, 0.6) is 0 Å². The molecule has 2 rings (SSSR count). The SMILES string of the molecule is CCCCOC(=O)N(C#CCI)N(C(N)=O)N1CCCN1N1CCCN1. The van der Waals surface area contributed by atoms with E-state index in [4.69, 9.17) is 10.5 Å². The van der Waals surface area contributed by atoms with E-state index >= 15 is 0 Å². The first-order chi connectivity index (χ1) is 12.6. The van der Waals surface area contributed by atoms with Crippen LogP contribution in [0.1, 0.15) is 32.6 Å². The van der Waals surface area contributed by atoms with Gasteiger partial charge in [0.25, 0.3) is 0 Å². The predicted molar refractivity (Wildman–Crippen MR) is 104 cm³/mol. The molecule has 0 aromatic rings.